The summed E-state index contributed by atoms with van der Waals surface area (Å²) in [5.41, 5.74) is 0.470. The lowest BCUT2D eigenvalue weighted by molar-refractivity contribution is 0.0996. The quantitative estimate of drug-likeness (QED) is 0.680. The number of halogens is 1. The third-order valence-corrected chi connectivity index (χ3v) is 4.68. The first-order valence-corrected chi connectivity index (χ1v) is 8.88. The Balaban J connectivity index is 1.70. The average molecular weight is 378 g/mol. The van der Waals surface area contributed by atoms with Gasteiger partial charge in [0.15, 0.2) is 5.76 Å². The zero-order valence-corrected chi connectivity index (χ0v) is 14.3. The van der Waals surface area contributed by atoms with E-state index in [-0.39, 0.29) is 16.4 Å². The molecule has 0 aliphatic rings. The van der Waals surface area contributed by atoms with E-state index in [1.807, 2.05) is 0 Å². The second-order valence-electron chi connectivity index (χ2n) is 4.95. The van der Waals surface area contributed by atoms with Crippen LogP contribution in [0, 0.1) is 0 Å². The molecule has 6 nitrogen and oxygen atoms in total. The Morgan fingerprint density at radius 3 is 2.28 bits per heavy atom. The molecule has 0 saturated carbocycles. The molecule has 0 saturated heterocycles. The lowest BCUT2D eigenvalue weighted by Gasteiger charge is -2.08. The van der Waals surface area contributed by atoms with Gasteiger partial charge in [-0.05, 0) is 60.7 Å². The normalized spacial score (nSPS) is 11.1. The van der Waals surface area contributed by atoms with E-state index in [0.717, 1.165) is 0 Å². The lowest BCUT2D eigenvalue weighted by Crippen LogP contribution is -2.11. The first-order chi connectivity index (χ1) is 11.9. The number of nitrogens with one attached hydrogen (secondary N) is 1. The van der Waals surface area contributed by atoms with Crippen LogP contribution in [0.25, 0.3) is 0 Å². The molecule has 1 aromatic heterocycles. The number of hydrogen-bond acceptors (Lipinski definition) is 5. The van der Waals surface area contributed by atoms with Gasteiger partial charge in [-0.3, -0.25) is 4.79 Å². The molecule has 1 N–H and O–H groups in total. The Morgan fingerprint density at radius 2 is 1.68 bits per heavy atom. The van der Waals surface area contributed by atoms with Crippen molar-refractivity contribution in [1.29, 1.82) is 0 Å². The minimum atomic E-state index is -3.96. The highest BCUT2D eigenvalue weighted by atomic mass is 35.5. The van der Waals surface area contributed by atoms with Gasteiger partial charge >= 0.3 is 10.1 Å². The van der Waals surface area contributed by atoms with Crippen LogP contribution in [0.5, 0.6) is 5.75 Å². The summed E-state index contributed by atoms with van der Waals surface area (Å²) in [5, 5.41) is 3.05. The summed E-state index contributed by atoms with van der Waals surface area (Å²) < 4.78 is 34.4. The summed E-state index contributed by atoms with van der Waals surface area (Å²) in [4.78, 5) is 11.9. The fourth-order valence-corrected chi connectivity index (χ4v) is 3.03. The van der Waals surface area contributed by atoms with Crippen molar-refractivity contribution in [2.45, 2.75) is 4.90 Å². The van der Waals surface area contributed by atoms with Crippen LogP contribution in [0.15, 0.2) is 76.2 Å². The Labute approximate surface area is 149 Å². The van der Waals surface area contributed by atoms with Crippen molar-refractivity contribution in [3.05, 3.63) is 77.7 Å². The molecule has 0 aliphatic heterocycles. The molecule has 128 valence electrons. The predicted octanol–water partition coefficient (Wildman–Crippen LogP) is 3.95. The monoisotopic (exact) mass is 377 g/mol. The predicted molar refractivity (Wildman–Crippen MR) is 92.4 cm³/mol. The molecule has 1 heterocycles. The summed E-state index contributed by atoms with van der Waals surface area (Å²) in [5.74, 6) is -0.121. The van der Waals surface area contributed by atoms with Crippen LogP contribution < -0.4 is 9.50 Å². The van der Waals surface area contributed by atoms with Crippen molar-refractivity contribution in [2.24, 2.45) is 0 Å². The minimum absolute atomic E-state index is 0.00732. The number of carbonyl (C=O) groups excluding carboxylic acids is 1. The molecule has 0 fully saturated rings. The van der Waals surface area contributed by atoms with Gasteiger partial charge in [-0.25, -0.2) is 0 Å². The Bertz CT molecular complexity index is 965. The van der Waals surface area contributed by atoms with E-state index in [4.69, 9.17) is 20.2 Å². The van der Waals surface area contributed by atoms with Gasteiger partial charge in [-0.2, -0.15) is 8.42 Å². The molecular formula is C17H12ClNO5S. The SMILES string of the molecule is O=C(Nc1ccc(OS(=O)(=O)c2ccc(Cl)cc2)cc1)c1ccco1. The molecule has 1 amide bonds. The molecule has 0 bridgehead atoms. The number of rotatable bonds is 5. The van der Waals surface area contributed by atoms with Crippen LogP contribution in [0.4, 0.5) is 5.69 Å². The molecule has 0 aliphatic carbocycles. The maximum atomic E-state index is 12.2. The van der Waals surface area contributed by atoms with E-state index in [0.29, 0.717) is 10.7 Å². The van der Waals surface area contributed by atoms with E-state index in [1.165, 1.54) is 60.9 Å². The Morgan fingerprint density at radius 1 is 1.00 bits per heavy atom. The van der Waals surface area contributed by atoms with E-state index >= 15 is 0 Å². The van der Waals surface area contributed by atoms with Gasteiger partial charge in [0.25, 0.3) is 5.91 Å². The molecule has 0 spiro atoms. The van der Waals surface area contributed by atoms with E-state index < -0.39 is 16.0 Å². The molecule has 0 radical (unpaired) electrons. The molecular weight excluding hydrogens is 366 g/mol. The highest BCUT2D eigenvalue weighted by molar-refractivity contribution is 7.87. The highest BCUT2D eigenvalue weighted by Crippen LogP contribution is 2.22. The van der Waals surface area contributed by atoms with Crippen LogP contribution in [0.3, 0.4) is 0 Å². The third kappa shape index (κ3) is 4.20. The van der Waals surface area contributed by atoms with Crippen LogP contribution in [-0.4, -0.2) is 14.3 Å². The van der Waals surface area contributed by atoms with E-state index in [9.17, 15) is 13.2 Å². The molecule has 0 unspecified atom stereocenters. The highest BCUT2D eigenvalue weighted by Gasteiger charge is 2.16. The van der Waals surface area contributed by atoms with Gasteiger partial charge in [0, 0.05) is 10.7 Å². The van der Waals surface area contributed by atoms with Crippen molar-refractivity contribution < 1.29 is 21.8 Å². The zero-order valence-electron chi connectivity index (χ0n) is 12.7. The van der Waals surface area contributed by atoms with Crippen LogP contribution in [0.2, 0.25) is 5.02 Å². The Hall–Kier alpha value is -2.77. The number of carbonyl (C=O) groups is 1. The van der Waals surface area contributed by atoms with Gasteiger partial charge in [0.1, 0.15) is 10.6 Å². The fourth-order valence-electron chi connectivity index (χ4n) is 1.97. The smallest absolute Gasteiger partial charge is 0.339 e. The summed E-state index contributed by atoms with van der Waals surface area (Å²) >= 11 is 5.74. The number of hydrogen-bond donors (Lipinski definition) is 1. The average Bonchev–Trinajstić information content (AvgIpc) is 3.11. The molecule has 3 aromatic rings. The van der Waals surface area contributed by atoms with Gasteiger partial charge < -0.3 is 13.9 Å². The van der Waals surface area contributed by atoms with Crippen molar-refractivity contribution >= 4 is 33.3 Å². The van der Waals surface area contributed by atoms with Crippen LogP contribution in [0.1, 0.15) is 10.6 Å². The lowest BCUT2D eigenvalue weighted by atomic mass is 10.3. The summed E-state index contributed by atoms with van der Waals surface area (Å²) in [7, 11) is -3.96. The second-order valence-corrected chi connectivity index (χ2v) is 6.93. The maximum absolute atomic E-state index is 12.2. The van der Waals surface area contributed by atoms with E-state index in [2.05, 4.69) is 5.32 Å². The summed E-state index contributed by atoms with van der Waals surface area (Å²) in [6, 6.07) is 14.7. The second kappa shape index (κ2) is 7.00. The van der Waals surface area contributed by atoms with Gasteiger partial charge in [-0.1, -0.05) is 11.6 Å². The summed E-state index contributed by atoms with van der Waals surface area (Å²) in [6.45, 7) is 0. The molecule has 25 heavy (non-hydrogen) atoms. The number of anilines is 1. The minimum Gasteiger partial charge on any atom is -0.459 e. The molecule has 2 aromatic carbocycles. The standard InChI is InChI=1S/C17H12ClNO5S/c18-12-3-9-15(10-4-12)25(21,22)24-14-7-5-13(6-8-14)19-17(20)16-2-1-11-23-16/h1-11H,(H,19,20). The zero-order chi connectivity index (χ0) is 17.9. The summed E-state index contributed by atoms with van der Waals surface area (Å²) in [6.07, 6.45) is 1.40. The molecule has 8 heteroatoms. The number of furan rings is 1. The Kier molecular flexibility index (Phi) is 4.78. The van der Waals surface area contributed by atoms with E-state index in [1.54, 1.807) is 6.07 Å². The number of amides is 1. The first-order valence-electron chi connectivity index (χ1n) is 7.09. The maximum Gasteiger partial charge on any atom is 0.339 e. The molecule has 0 atom stereocenters. The van der Waals surface area contributed by atoms with Crippen molar-refractivity contribution in [3.63, 3.8) is 0 Å². The third-order valence-electron chi connectivity index (χ3n) is 3.17. The number of benzene rings is 2. The van der Waals surface area contributed by atoms with Gasteiger partial charge in [-0.15, -0.1) is 0 Å². The van der Waals surface area contributed by atoms with Crippen molar-refractivity contribution in [3.8, 4) is 5.75 Å². The van der Waals surface area contributed by atoms with Crippen LogP contribution in [-0.2, 0) is 10.1 Å². The largest absolute Gasteiger partial charge is 0.459 e. The van der Waals surface area contributed by atoms with Crippen molar-refractivity contribution in [1.82, 2.24) is 0 Å². The van der Waals surface area contributed by atoms with Gasteiger partial charge in [0.2, 0.25) is 0 Å². The fraction of sp³-hybridized carbons (Fsp3) is 0. The van der Waals surface area contributed by atoms with Crippen molar-refractivity contribution in [2.75, 3.05) is 5.32 Å². The molecule has 3 rings (SSSR count). The van der Waals surface area contributed by atoms with Gasteiger partial charge in [0.05, 0.1) is 6.26 Å². The van der Waals surface area contributed by atoms with Crippen LogP contribution >= 0.6 is 11.6 Å². The topological polar surface area (TPSA) is 85.6 Å². The first kappa shape index (κ1) is 17.1.